The number of benzene rings is 2. The third kappa shape index (κ3) is 8.37. The monoisotopic (exact) mass is 641 g/mol. The first-order valence-electron chi connectivity index (χ1n) is 14.2. The first-order chi connectivity index (χ1) is 18.9. The van der Waals surface area contributed by atoms with Crippen LogP contribution in [0.25, 0.3) is 0 Å². The minimum absolute atomic E-state index is 0.0481. The van der Waals surface area contributed by atoms with Gasteiger partial charge in [0.05, 0.1) is 11.6 Å². The van der Waals surface area contributed by atoms with Gasteiger partial charge in [-0.1, -0.05) is 82.9 Å². The molecule has 6 heteroatoms. The predicted octanol–water partition coefficient (Wildman–Crippen LogP) is 7.96. The predicted molar refractivity (Wildman–Crippen MR) is 166 cm³/mol. The number of hydrogen-bond acceptors (Lipinski definition) is 4. The second kappa shape index (κ2) is 15.8. The number of rotatable bonds is 15. The topological polar surface area (TPSA) is 65.4 Å². The third-order valence-electron chi connectivity index (χ3n) is 6.97. The summed E-state index contributed by atoms with van der Waals surface area (Å²) in [6.45, 7) is 6.39. The van der Waals surface area contributed by atoms with Crippen molar-refractivity contribution in [2.24, 2.45) is 0 Å². The van der Waals surface area contributed by atoms with Crippen LogP contribution < -0.4 is 5.56 Å². The normalized spacial score (nSPS) is 11.8. The van der Waals surface area contributed by atoms with Gasteiger partial charge in [0.25, 0.3) is 5.56 Å². The number of aryl methyl sites for hydroxylation is 1. The highest BCUT2D eigenvalue weighted by molar-refractivity contribution is 14.1. The summed E-state index contributed by atoms with van der Waals surface area (Å²) in [5.41, 5.74) is 3.23. The SMILES string of the molecule is CCCCCc1cc(=O)n([C@H](CCC)COC(=O)c2cccc(I)c2)c(CCCC)c1C(=O)c1ccccc1. The van der Waals surface area contributed by atoms with Crippen molar-refractivity contribution < 1.29 is 14.3 Å². The fraction of sp³-hybridized carbons (Fsp3) is 0.424. The highest BCUT2D eigenvalue weighted by atomic mass is 127. The van der Waals surface area contributed by atoms with Crippen LogP contribution in [0.15, 0.2) is 65.5 Å². The molecule has 0 N–H and O–H groups in total. The molecule has 0 spiro atoms. The zero-order valence-electron chi connectivity index (χ0n) is 23.4. The van der Waals surface area contributed by atoms with Crippen LogP contribution in [-0.4, -0.2) is 22.9 Å². The number of pyridine rings is 1. The quantitative estimate of drug-likeness (QED) is 0.0731. The van der Waals surface area contributed by atoms with Crippen LogP contribution in [0, 0.1) is 3.57 Å². The van der Waals surface area contributed by atoms with Crippen LogP contribution in [0.4, 0.5) is 0 Å². The van der Waals surface area contributed by atoms with E-state index in [-0.39, 0.29) is 24.0 Å². The maximum Gasteiger partial charge on any atom is 0.338 e. The molecule has 1 atom stereocenters. The average molecular weight is 642 g/mol. The van der Waals surface area contributed by atoms with Gasteiger partial charge in [-0.25, -0.2) is 4.79 Å². The van der Waals surface area contributed by atoms with Crippen LogP contribution >= 0.6 is 22.6 Å². The lowest BCUT2D eigenvalue weighted by Gasteiger charge is -2.26. The van der Waals surface area contributed by atoms with Crippen molar-refractivity contribution >= 4 is 34.3 Å². The van der Waals surface area contributed by atoms with E-state index in [0.717, 1.165) is 53.4 Å². The Balaban J connectivity index is 2.10. The molecule has 208 valence electrons. The highest BCUT2D eigenvalue weighted by Crippen LogP contribution is 2.26. The molecule has 1 heterocycles. The lowest BCUT2D eigenvalue weighted by Crippen LogP contribution is -2.34. The van der Waals surface area contributed by atoms with Crippen LogP contribution in [-0.2, 0) is 17.6 Å². The van der Waals surface area contributed by atoms with Gasteiger partial charge < -0.3 is 9.30 Å². The molecule has 0 unspecified atom stereocenters. The Morgan fingerprint density at radius 2 is 1.56 bits per heavy atom. The Hall–Kier alpha value is -2.74. The fourth-order valence-electron chi connectivity index (χ4n) is 4.98. The number of nitrogens with zero attached hydrogens (tertiary/aromatic N) is 1. The molecule has 0 saturated heterocycles. The summed E-state index contributed by atoms with van der Waals surface area (Å²) in [6.07, 6.45) is 7.60. The van der Waals surface area contributed by atoms with E-state index >= 15 is 0 Å². The molecule has 0 amide bonds. The second-order valence-electron chi connectivity index (χ2n) is 10.0. The van der Waals surface area contributed by atoms with Gasteiger partial charge in [-0.2, -0.15) is 0 Å². The molecule has 1 aromatic heterocycles. The van der Waals surface area contributed by atoms with Crippen molar-refractivity contribution in [3.8, 4) is 0 Å². The van der Waals surface area contributed by atoms with E-state index in [2.05, 4.69) is 43.4 Å². The van der Waals surface area contributed by atoms with E-state index in [0.29, 0.717) is 36.0 Å². The van der Waals surface area contributed by atoms with Gasteiger partial charge in [0.2, 0.25) is 0 Å². The van der Waals surface area contributed by atoms with Gasteiger partial charge >= 0.3 is 5.97 Å². The van der Waals surface area contributed by atoms with E-state index in [9.17, 15) is 14.4 Å². The third-order valence-corrected chi connectivity index (χ3v) is 7.64. The number of hydrogen-bond donors (Lipinski definition) is 0. The molecular weight excluding hydrogens is 601 g/mol. The summed E-state index contributed by atoms with van der Waals surface area (Å²) >= 11 is 2.17. The van der Waals surface area contributed by atoms with Crippen LogP contribution in [0.5, 0.6) is 0 Å². The van der Waals surface area contributed by atoms with Gasteiger partial charge in [-0.3, -0.25) is 9.59 Å². The van der Waals surface area contributed by atoms with Crippen molar-refractivity contribution in [1.82, 2.24) is 4.57 Å². The van der Waals surface area contributed by atoms with E-state index in [1.807, 2.05) is 42.5 Å². The van der Waals surface area contributed by atoms with Crippen molar-refractivity contribution in [2.75, 3.05) is 6.61 Å². The lowest BCUT2D eigenvalue weighted by atomic mass is 9.91. The first-order valence-corrected chi connectivity index (χ1v) is 15.3. The van der Waals surface area contributed by atoms with Crippen molar-refractivity contribution in [2.45, 2.75) is 84.6 Å². The van der Waals surface area contributed by atoms with Crippen molar-refractivity contribution in [3.63, 3.8) is 0 Å². The van der Waals surface area contributed by atoms with E-state index in [1.165, 1.54) is 0 Å². The van der Waals surface area contributed by atoms with Crippen LogP contribution in [0.1, 0.15) is 109 Å². The number of aromatic nitrogens is 1. The standard InChI is InChI=1S/C33H40INO4/c1-4-7-10-17-25-22-30(36)35(28(14-6-3)23-39-33(38)26-18-13-19-27(34)21-26)29(20-8-5-2)31(25)32(37)24-15-11-9-12-16-24/h9,11-13,15-16,18-19,21-22,28H,4-8,10,14,17,20,23H2,1-3H3/t28-/m1/s1. The Morgan fingerprint density at radius 3 is 2.23 bits per heavy atom. The Labute approximate surface area is 246 Å². The zero-order valence-corrected chi connectivity index (χ0v) is 25.5. The summed E-state index contributed by atoms with van der Waals surface area (Å²) in [6, 6.07) is 17.9. The van der Waals surface area contributed by atoms with Crippen LogP contribution in [0.3, 0.4) is 0 Å². The van der Waals surface area contributed by atoms with Crippen LogP contribution in [0.2, 0.25) is 0 Å². The van der Waals surface area contributed by atoms with Gasteiger partial charge in [0.15, 0.2) is 5.78 Å². The minimum atomic E-state index is -0.408. The Kier molecular flexibility index (Phi) is 12.4. The number of esters is 1. The van der Waals surface area contributed by atoms with E-state index in [4.69, 9.17) is 4.74 Å². The maximum atomic E-state index is 14.0. The molecule has 0 fully saturated rings. The number of ether oxygens (including phenoxy) is 1. The molecule has 0 saturated carbocycles. The smallest absolute Gasteiger partial charge is 0.338 e. The molecule has 2 aromatic carbocycles. The number of halogens is 1. The molecule has 0 radical (unpaired) electrons. The number of ketones is 1. The molecule has 0 aliphatic heterocycles. The van der Waals surface area contributed by atoms with Crippen molar-refractivity contribution in [3.05, 3.63) is 103 Å². The summed E-state index contributed by atoms with van der Waals surface area (Å²) in [7, 11) is 0. The minimum Gasteiger partial charge on any atom is -0.460 e. The number of unbranched alkanes of at least 4 members (excludes halogenated alkanes) is 3. The summed E-state index contributed by atoms with van der Waals surface area (Å²) in [4.78, 5) is 40.6. The first kappa shape index (κ1) is 30.8. The molecule has 0 aliphatic rings. The second-order valence-corrected chi connectivity index (χ2v) is 11.3. The zero-order chi connectivity index (χ0) is 28.2. The summed E-state index contributed by atoms with van der Waals surface area (Å²) in [5, 5.41) is 0. The number of carbonyl (C=O) groups is 2. The Morgan fingerprint density at radius 1 is 0.846 bits per heavy atom. The van der Waals surface area contributed by atoms with Gasteiger partial charge in [0, 0.05) is 26.5 Å². The maximum absolute atomic E-state index is 14.0. The Bertz CT molecular complexity index is 1300. The summed E-state index contributed by atoms with van der Waals surface area (Å²) in [5.74, 6) is -0.456. The van der Waals surface area contributed by atoms with Crippen molar-refractivity contribution in [1.29, 1.82) is 0 Å². The highest BCUT2D eigenvalue weighted by Gasteiger charge is 2.26. The summed E-state index contributed by atoms with van der Waals surface area (Å²) < 4.78 is 8.49. The molecule has 5 nitrogen and oxygen atoms in total. The molecule has 3 aromatic rings. The molecule has 39 heavy (non-hydrogen) atoms. The molecular formula is C33H40INO4. The van der Waals surface area contributed by atoms with E-state index in [1.54, 1.807) is 22.8 Å². The average Bonchev–Trinajstić information content (AvgIpc) is 2.94. The van der Waals surface area contributed by atoms with Gasteiger partial charge in [0.1, 0.15) is 6.61 Å². The van der Waals surface area contributed by atoms with Gasteiger partial charge in [-0.15, -0.1) is 0 Å². The fourth-order valence-corrected chi connectivity index (χ4v) is 5.53. The lowest BCUT2D eigenvalue weighted by molar-refractivity contribution is 0.0435. The molecule has 0 aliphatic carbocycles. The van der Waals surface area contributed by atoms with E-state index < -0.39 is 5.97 Å². The van der Waals surface area contributed by atoms with Gasteiger partial charge in [-0.05, 0) is 78.5 Å². The molecule has 3 rings (SSSR count). The largest absolute Gasteiger partial charge is 0.460 e. The molecule has 0 bridgehead atoms. The number of carbonyl (C=O) groups excluding carboxylic acids is 2.